The Morgan fingerprint density at radius 3 is 3.00 bits per heavy atom. The monoisotopic (exact) mass is 290 g/mol. The fraction of sp³-hybridized carbons (Fsp3) is 0.455. The zero-order chi connectivity index (χ0) is 13.0. The molecule has 98 valence electrons. The molecule has 1 aliphatic rings. The Bertz CT molecular complexity index is 436. The third kappa shape index (κ3) is 3.55. The quantitative estimate of drug-likeness (QED) is 0.687. The maximum Gasteiger partial charge on any atom is 0.295 e. The topological polar surface area (TPSA) is 60.5 Å². The minimum Gasteiger partial charge on any atom is -0.350 e. The van der Waals surface area contributed by atoms with Crippen LogP contribution in [0.1, 0.15) is 29.8 Å². The molecule has 0 saturated carbocycles. The first-order valence-electron chi connectivity index (χ1n) is 5.56. The number of hydroxylamine groups is 1. The number of nitrogens with one attached hydrogen (secondary N) is 1. The van der Waals surface area contributed by atoms with Crippen molar-refractivity contribution >= 4 is 29.1 Å². The number of pyridine rings is 1. The summed E-state index contributed by atoms with van der Waals surface area (Å²) >= 11 is 11.5. The highest BCUT2D eigenvalue weighted by atomic mass is 35.5. The van der Waals surface area contributed by atoms with Gasteiger partial charge < -0.3 is 4.74 Å². The van der Waals surface area contributed by atoms with Gasteiger partial charge >= 0.3 is 0 Å². The number of carbonyl (C=O) groups excluding carboxylic acids is 1. The van der Waals surface area contributed by atoms with E-state index in [1.165, 1.54) is 12.1 Å². The molecule has 1 fully saturated rings. The SMILES string of the molecule is O=C(NO[C@@H]1CCCCO1)c1nc(Cl)ccc1Cl. The molecule has 7 heteroatoms. The van der Waals surface area contributed by atoms with Crippen molar-refractivity contribution in [2.45, 2.75) is 25.6 Å². The number of carbonyl (C=O) groups is 1. The van der Waals surface area contributed by atoms with Crippen LogP contribution in [-0.4, -0.2) is 23.8 Å². The van der Waals surface area contributed by atoms with Crippen LogP contribution in [0.15, 0.2) is 12.1 Å². The zero-order valence-electron chi connectivity index (χ0n) is 9.49. The molecule has 0 unspecified atom stereocenters. The molecule has 0 spiro atoms. The highest BCUT2D eigenvalue weighted by Crippen LogP contribution is 2.17. The fourth-order valence-corrected chi connectivity index (χ4v) is 1.89. The predicted octanol–water partition coefficient (Wildman–Crippen LogP) is 2.58. The molecular weight excluding hydrogens is 279 g/mol. The summed E-state index contributed by atoms with van der Waals surface area (Å²) < 4.78 is 5.30. The van der Waals surface area contributed by atoms with E-state index >= 15 is 0 Å². The van der Waals surface area contributed by atoms with E-state index in [9.17, 15) is 4.79 Å². The average Bonchev–Trinajstić information content (AvgIpc) is 2.40. The molecule has 0 bridgehead atoms. The van der Waals surface area contributed by atoms with E-state index < -0.39 is 12.2 Å². The summed E-state index contributed by atoms with van der Waals surface area (Å²) in [7, 11) is 0. The highest BCUT2D eigenvalue weighted by molar-refractivity contribution is 6.34. The number of nitrogens with zero attached hydrogens (tertiary/aromatic N) is 1. The lowest BCUT2D eigenvalue weighted by Crippen LogP contribution is -2.33. The number of aromatic nitrogens is 1. The Hall–Kier alpha value is -0.880. The Labute approximate surface area is 114 Å². The summed E-state index contributed by atoms with van der Waals surface area (Å²) in [4.78, 5) is 20.7. The normalized spacial score (nSPS) is 19.6. The molecule has 18 heavy (non-hydrogen) atoms. The van der Waals surface area contributed by atoms with E-state index in [1.807, 2.05) is 0 Å². The number of rotatable bonds is 3. The van der Waals surface area contributed by atoms with Crippen LogP contribution in [0.4, 0.5) is 0 Å². The first-order chi connectivity index (χ1) is 8.66. The predicted molar refractivity (Wildman–Crippen MR) is 66.4 cm³/mol. The van der Waals surface area contributed by atoms with Crippen LogP contribution in [0.3, 0.4) is 0 Å². The van der Waals surface area contributed by atoms with Crippen molar-refractivity contribution in [3.63, 3.8) is 0 Å². The molecule has 0 aliphatic carbocycles. The summed E-state index contributed by atoms with van der Waals surface area (Å²) in [5.74, 6) is -0.545. The van der Waals surface area contributed by atoms with Crippen molar-refractivity contribution in [2.75, 3.05) is 6.61 Å². The summed E-state index contributed by atoms with van der Waals surface area (Å²) in [6.45, 7) is 0.636. The molecule has 1 aromatic heterocycles. The molecule has 1 aromatic rings. The van der Waals surface area contributed by atoms with Crippen LogP contribution in [0.25, 0.3) is 0 Å². The van der Waals surface area contributed by atoms with Gasteiger partial charge in [-0.05, 0) is 25.0 Å². The zero-order valence-corrected chi connectivity index (χ0v) is 11.0. The van der Waals surface area contributed by atoms with Crippen LogP contribution in [-0.2, 0) is 9.57 Å². The van der Waals surface area contributed by atoms with Gasteiger partial charge in [0.25, 0.3) is 5.91 Å². The van der Waals surface area contributed by atoms with Crippen molar-refractivity contribution in [3.8, 4) is 0 Å². The van der Waals surface area contributed by atoms with Gasteiger partial charge in [0.05, 0.1) is 5.02 Å². The third-order valence-electron chi connectivity index (χ3n) is 2.45. The molecule has 0 aromatic carbocycles. The van der Waals surface area contributed by atoms with Gasteiger partial charge in [-0.15, -0.1) is 0 Å². The summed E-state index contributed by atoms with van der Waals surface area (Å²) in [6.07, 6.45) is 2.35. The second-order valence-electron chi connectivity index (χ2n) is 3.81. The van der Waals surface area contributed by atoms with Crippen LogP contribution in [0.5, 0.6) is 0 Å². The molecule has 0 radical (unpaired) electrons. The standard InChI is InChI=1S/C11H12Cl2N2O3/c12-7-4-5-8(13)14-10(7)11(16)15-18-9-3-1-2-6-17-9/h4-5,9H,1-3,6H2,(H,15,16)/t9-/m1/s1. The van der Waals surface area contributed by atoms with E-state index in [0.29, 0.717) is 6.61 Å². The van der Waals surface area contributed by atoms with Crippen molar-refractivity contribution in [1.82, 2.24) is 10.5 Å². The summed E-state index contributed by atoms with van der Waals surface area (Å²) in [5, 5.41) is 0.406. The lowest BCUT2D eigenvalue weighted by molar-refractivity contribution is -0.186. The first kappa shape index (κ1) is 13.5. The lowest BCUT2D eigenvalue weighted by Gasteiger charge is -2.22. The van der Waals surface area contributed by atoms with Crippen molar-refractivity contribution in [2.24, 2.45) is 0 Å². The van der Waals surface area contributed by atoms with Gasteiger partial charge in [-0.3, -0.25) is 4.79 Å². The number of amides is 1. The Morgan fingerprint density at radius 2 is 2.28 bits per heavy atom. The smallest absolute Gasteiger partial charge is 0.295 e. The second kappa shape index (κ2) is 6.33. The van der Waals surface area contributed by atoms with Crippen molar-refractivity contribution in [3.05, 3.63) is 28.0 Å². The third-order valence-corrected chi connectivity index (χ3v) is 2.96. The van der Waals surface area contributed by atoms with Gasteiger partial charge in [0.1, 0.15) is 5.15 Å². The van der Waals surface area contributed by atoms with Crippen molar-refractivity contribution < 1.29 is 14.4 Å². The van der Waals surface area contributed by atoms with Gasteiger partial charge in [-0.25, -0.2) is 15.3 Å². The van der Waals surface area contributed by atoms with Crippen molar-refractivity contribution in [1.29, 1.82) is 0 Å². The van der Waals surface area contributed by atoms with Gasteiger partial charge in [0, 0.05) is 13.0 Å². The van der Waals surface area contributed by atoms with E-state index in [-0.39, 0.29) is 15.9 Å². The molecule has 1 amide bonds. The largest absolute Gasteiger partial charge is 0.350 e. The number of hydrogen-bond acceptors (Lipinski definition) is 4. The number of hydrogen-bond donors (Lipinski definition) is 1. The average molecular weight is 291 g/mol. The molecule has 1 aliphatic heterocycles. The van der Waals surface area contributed by atoms with Gasteiger partial charge in [0.15, 0.2) is 12.0 Å². The van der Waals surface area contributed by atoms with E-state index in [2.05, 4.69) is 10.5 Å². The van der Waals surface area contributed by atoms with E-state index in [4.69, 9.17) is 32.8 Å². The molecule has 5 nitrogen and oxygen atoms in total. The first-order valence-corrected chi connectivity index (χ1v) is 6.32. The molecule has 1 N–H and O–H groups in total. The van der Waals surface area contributed by atoms with E-state index in [1.54, 1.807) is 0 Å². The van der Waals surface area contributed by atoms with Gasteiger partial charge in [-0.2, -0.15) is 0 Å². The van der Waals surface area contributed by atoms with Crippen LogP contribution in [0.2, 0.25) is 10.2 Å². The second-order valence-corrected chi connectivity index (χ2v) is 4.60. The fourth-order valence-electron chi connectivity index (χ4n) is 1.55. The van der Waals surface area contributed by atoms with Crippen LogP contribution in [0, 0.1) is 0 Å². The van der Waals surface area contributed by atoms with Crippen LogP contribution < -0.4 is 5.48 Å². The Morgan fingerprint density at radius 1 is 1.44 bits per heavy atom. The minimum atomic E-state index is -0.545. The van der Waals surface area contributed by atoms with Crippen LogP contribution >= 0.6 is 23.2 Å². The summed E-state index contributed by atoms with van der Waals surface area (Å²) in [5.41, 5.74) is 2.29. The van der Waals surface area contributed by atoms with Gasteiger partial charge in [0.2, 0.25) is 0 Å². The molecule has 2 heterocycles. The Kier molecular flexibility index (Phi) is 4.77. The molecule has 2 rings (SSSR count). The Balaban J connectivity index is 1.92. The maximum absolute atomic E-state index is 11.8. The summed E-state index contributed by atoms with van der Waals surface area (Å²) in [6, 6.07) is 3.01. The van der Waals surface area contributed by atoms with E-state index in [0.717, 1.165) is 19.3 Å². The molecular formula is C11H12Cl2N2O3. The number of halogens is 2. The minimum absolute atomic E-state index is 0.0278. The molecule has 1 atom stereocenters. The molecule has 1 saturated heterocycles. The lowest BCUT2D eigenvalue weighted by atomic mass is 10.2. The number of ether oxygens (including phenoxy) is 1. The highest BCUT2D eigenvalue weighted by Gasteiger charge is 2.18. The van der Waals surface area contributed by atoms with Gasteiger partial charge in [-0.1, -0.05) is 23.2 Å². The maximum atomic E-state index is 11.8.